The maximum Gasteiger partial charge on any atom is 0.231 e. The number of benzene rings is 2. The molecule has 2 aromatic rings. The average Bonchev–Trinajstić information content (AvgIpc) is 2.67. The van der Waals surface area contributed by atoms with Crippen LogP contribution in [0.5, 0.6) is 0 Å². The van der Waals surface area contributed by atoms with Crippen LogP contribution in [-0.2, 0) is 16.0 Å². The first kappa shape index (κ1) is 19.1. The molecule has 5 heteroatoms. The molecule has 142 valence electrons. The number of anilines is 2. The second-order valence-electron chi connectivity index (χ2n) is 7.35. The van der Waals surface area contributed by atoms with Crippen molar-refractivity contribution in [3.8, 4) is 0 Å². The Morgan fingerprint density at radius 2 is 1.78 bits per heavy atom. The third-order valence-corrected chi connectivity index (χ3v) is 4.99. The summed E-state index contributed by atoms with van der Waals surface area (Å²) in [6.07, 6.45) is 1.82. The summed E-state index contributed by atoms with van der Waals surface area (Å²) in [4.78, 5) is 26.9. The van der Waals surface area contributed by atoms with E-state index in [9.17, 15) is 14.0 Å². The number of carbonyl (C=O) groups excluding carboxylic acids is 2. The van der Waals surface area contributed by atoms with E-state index >= 15 is 0 Å². The number of amides is 2. The van der Waals surface area contributed by atoms with E-state index < -0.39 is 0 Å². The fourth-order valence-electron chi connectivity index (χ4n) is 3.36. The lowest BCUT2D eigenvalue weighted by molar-refractivity contribution is -0.121. The van der Waals surface area contributed by atoms with Crippen molar-refractivity contribution in [1.29, 1.82) is 0 Å². The lowest BCUT2D eigenvalue weighted by Crippen LogP contribution is -2.38. The van der Waals surface area contributed by atoms with Crippen LogP contribution >= 0.6 is 0 Å². The molecule has 4 nitrogen and oxygen atoms in total. The molecule has 0 aliphatic carbocycles. The number of nitrogens with one attached hydrogen (secondary N) is 1. The molecule has 27 heavy (non-hydrogen) atoms. The smallest absolute Gasteiger partial charge is 0.231 e. The first-order valence-corrected chi connectivity index (χ1v) is 9.37. The second kappa shape index (κ2) is 7.91. The number of fused-ring (bicyclic) bond motifs is 1. The minimum absolute atomic E-state index is 0.0453. The molecule has 0 saturated carbocycles. The quantitative estimate of drug-likeness (QED) is 0.864. The summed E-state index contributed by atoms with van der Waals surface area (Å²) in [5.41, 5.74) is 3.54. The molecule has 1 unspecified atom stereocenters. The summed E-state index contributed by atoms with van der Waals surface area (Å²) in [6.45, 7) is 6.41. The van der Waals surface area contributed by atoms with Crippen molar-refractivity contribution in [3.63, 3.8) is 0 Å². The predicted octanol–water partition coefficient (Wildman–Crippen LogP) is 4.50. The van der Waals surface area contributed by atoms with Gasteiger partial charge in [-0.1, -0.05) is 26.0 Å². The van der Waals surface area contributed by atoms with Gasteiger partial charge in [0.25, 0.3) is 0 Å². The van der Waals surface area contributed by atoms with Crippen LogP contribution in [0.1, 0.15) is 44.2 Å². The maximum atomic E-state index is 13.0. The van der Waals surface area contributed by atoms with Gasteiger partial charge < -0.3 is 10.2 Å². The highest BCUT2D eigenvalue weighted by Crippen LogP contribution is 2.31. The molecule has 0 spiro atoms. The van der Waals surface area contributed by atoms with Crippen molar-refractivity contribution < 1.29 is 14.0 Å². The van der Waals surface area contributed by atoms with Crippen LogP contribution in [0, 0.1) is 11.7 Å². The minimum atomic E-state index is -0.350. The minimum Gasteiger partial charge on any atom is -0.326 e. The lowest BCUT2D eigenvalue weighted by atomic mass is 9.93. The van der Waals surface area contributed by atoms with Gasteiger partial charge in [0.1, 0.15) is 5.82 Å². The zero-order chi connectivity index (χ0) is 19.6. The summed E-state index contributed by atoms with van der Waals surface area (Å²) in [5.74, 6) is -0.748. The second-order valence-corrected chi connectivity index (χ2v) is 7.35. The SMILES string of the molecule is CC(C)C(=O)N1CCCc2cc(C(C)C(=O)Nc3ccc(F)cc3)ccc21. The molecule has 0 radical (unpaired) electrons. The molecule has 0 aromatic heterocycles. The highest BCUT2D eigenvalue weighted by atomic mass is 19.1. The van der Waals surface area contributed by atoms with Crippen molar-refractivity contribution >= 4 is 23.2 Å². The molecular weight excluding hydrogens is 343 g/mol. The van der Waals surface area contributed by atoms with Gasteiger partial charge in [0.15, 0.2) is 0 Å². The molecule has 2 aromatic carbocycles. The molecule has 2 amide bonds. The predicted molar refractivity (Wildman–Crippen MR) is 105 cm³/mol. The molecule has 1 atom stereocenters. The van der Waals surface area contributed by atoms with E-state index in [1.807, 2.05) is 43.9 Å². The third-order valence-electron chi connectivity index (χ3n) is 4.99. The van der Waals surface area contributed by atoms with Crippen LogP contribution in [0.4, 0.5) is 15.8 Å². The number of aryl methyl sites for hydroxylation is 1. The Kier molecular flexibility index (Phi) is 5.59. The molecular formula is C22H25FN2O2. The Bertz CT molecular complexity index is 846. The summed E-state index contributed by atoms with van der Waals surface area (Å²) in [5, 5.41) is 2.82. The van der Waals surface area contributed by atoms with Gasteiger partial charge in [0, 0.05) is 23.8 Å². The van der Waals surface area contributed by atoms with Gasteiger partial charge in [-0.15, -0.1) is 0 Å². The van der Waals surface area contributed by atoms with E-state index in [0.717, 1.165) is 36.2 Å². The summed E-state index contributed by atoms with van der Waals surface area (Å²) >= 11 is 0. The van der Waals surface area contributed by atoms with E-state index in [-0.39, 0.29) is 29.5 Å². The fraction of sp³-hybridized carbons (Fsp3) is 0.364. The van der Waals surface area contributed by atoms with E-state index in [4.69, 9.17) is 0 Å². The highest BCUT2D eigenvalue weighted by molar-refractivity contribution is 5.97. The van der Waals surface area contributed by atoms with Crippen LogP contribution in [0.2, 0.25) is 0 Å². The van der Waals surface area contributed by atoms with E-state index in [0.29, 0.717) is 5.69 Å². The Morgan fingerprint density at radius 3 is 2.44 bits per heavy atom. The van der Waals surface area contributed by atoms with Crippen molar-refractivity contribution in [2.24, 2.45) is 5.92 Å². The lowest BCUT2D eigenvalue weighted by Gasteiger charge is -2.31. The van der Waals surface area contributed by atoms with E-state index in [1.54, 1.807) is 12.1 Å². The highest BCUT2D eigenvalue weighted by Gasteiger charge is 2.25. The van der Waals surface area contributed by atoms with Crippen molar-refractivity contribution in [2.45, 2.75) is 39.5 Å². The van der Waals surface area contributed by atoms with Gasteiger partial charge >= 0.3 is 0 Å². The van der Waals surface area contributed by atoms with E-state index in [1.165, 1.54) is 12.1 Å². The maximum absolute atomic E-state index is 13.0. The Hall–Kier alpha value is -2.69. The fourth-order valence-corrected chi connectivity index (χ4v) is 3.36. The van der Waals surface area contributed by atoms with E-state index in [2.05, 4.69) is 5.32 Å². The van der Waals surface area contributed by atoms with Crippen molar-refractivity contribution in [1.82, 2.24) is 0 Å². The van der Waals surface area contributed by atoms with Gasteiger partial charge in [-0.2, -0.15) is 0 Å². The van der Waals surface area contributed by atoms with Gasteiger partial charge in [0.05, 0.1) is 5.92 Å². The van der Waals surface area contributed by atoms with Crippen LogP contribution < -0.4 is 10.2 Å². The largest absolute Gasteiger partial charge is 0.326 e. The zero-order valence-electron chi connectivity index (χ0n) is 16.0. The first-order valence-electron chi connectivity index (χ1n) is 9.37. The number of rotatable bonds is 4. The molecule has 3 rings (SSSR count). The molecule has 1 aliphatic rings. The number of nitrogens with zero attached hydrogens (tertiary/aromatic N) is 1. The molecule has 1 heterocycles. The topological polar surface area (TPSA) is 49.4 Å². The van der Waals surface area contributed by atoms with Crippen LogP contribution in [0.3, 0.4) is 0 Å². The molecule has 0 saturated heterocycles. The van der Waals surface area contributed by atoms with Crippen LogP contribution in [0.25, 0.3) is 0 Å². The molecule has 1 aliphatic heterocycles. The van der Waals surface area contributed by atoms with Gasteiger partial charge in [-0.25, -0.2) is 4.39 Å². The summed E-state index contributed by atoms with van der Waals surface area (Å²) < 4.78 is 13.0. The van der Waals surface area contributed by atoms with Crippen molar-refractivity contribution in [2.75, 3.05) is 16.8 Å². The van der Waals surface area contributed by atoms with Gasteiger partial charge in [-0.3, -0.25) is 9.59 Å². The molecule has 1 N–H and O–H groups in total. The molecule has 0 bridgehead atoms. The van der Waals surface area contributed by atoms with Crippen LogP contribution in [-0.4, -0.2) is 18.4 Å². The number of hydrogen-bond acceptors (Lipinski definition) is 2. The standard InChI is InChI=1S/C22H25FN2O2/c1-14(2)22(27)25-12-4-5-17-13-16(6-11-20(17)25)15(3)21(26)24-19-9-7-18(23)8-10-19/h6-11,13-15H,4-5,12H2,1-3H3,(H,24,26). The Labute approximate surface area is 159 Å². The zero-order valence-corrected chi connectivity index (χ0v) is 16.0. The Balaban J connectivity index is 1.78. The number of hydrogen-bond donors (Lipinski definition) is 1. The monoisotopic (exact) mass is 368 g/mol. The molecule has 0 fully saturated rings. The van der Waals surface area contributed by atoms with Crippen LogP contribution in [0.15, 0.2) is 42.5 Å². The normalized spacial score (nSPS) is 14.6. The Morgan fingerprint density at radius 1 is 1.07 bits per heavy atom. The third kappa shape index (κ3) is 4.18. The summed E-state index contributed by atoms with van der Waals surface area (Å²) in [6, 6.07) is 11.6. The van der Waals surface area contributed by atoms with Gasteiger partial charge in [0.2, 0.25) is 11.8 Å². The summed E-state index contributed by atoms with van der Waals surface area (Å²) in [7, 11) is 0. The average molecular weight is 368 g/mol. The number of carbonyl (C=O) groups is 2. The van der Waals surface area contributed by atoms with Crippen molar-refractivity contribution in [3.05, 3.63) is 59.4 Å². The number of halogens is 1. The van der Waals surface area contributed by atoms with Gasteiger partial charge in [-0.05, 0) is 61.2 Å². The first-order chi connectivity index (χ1) is 12.9.